The number of nitrogens with zero attached hydrogens (tertiary/aromatic N) is 4. The molecule has 1 fully saturated rings. The zero-order chi connectivity index (χ0) is 19.7. The molecule has 1 atom stereocenters. The van der Waals surface area contributed by atoms with E-state index in [0.29, 0.717) is 30.6 Å². The van der Waals surface area contributed by atoms with Crippen LogP contribution in [0.15, 0.2) is 36.5 Å². The molecule has 1 saturated heterocycles. The Morgan fingerprint density at radius 3 is 2.96 bits per heavy atom. The minimum atomic E-state index is -0.158. The molecule has 8 heteroatoms. The number of aromatic amines is 1. The first-order chi connectivity index (χ1) is 13.5. The standard InChI is InChI=1S/C20H23ClN6O/c1-3-14-6-7-16-17(11-14)24-19(23-16)25-20(28)27-10-9-26(12-13(27)2)18-15(21)5-4-8-22-18/h4-8,11,13H,3,9-10,12H2,1-2H3,(H2,23,24,25,28)/t13-/m1/s1. The van der Waals surface area contributed by atoms with Gasteiger partial charge in [0.05, 0.1) is 16.1 Å². The van der Waals surface area contributed by atoms with Gasteiger partial charge in [-0.1, -0.05) is 24.6 Å². The highest BCUT2D eigenvalue weighted by molar-refractivity contribution is 6.32. The lowest BCUT2D eigenvalue weighted by Gasteiger charge is -2.40. The molecule has 28 heavy (non-hydrogen) atoms. The number of carbonyl (C=O) groups is 1. The Morgan fingerprint density at radius 1 is 1.36 bits per heavy atom. The van der Waals surface area contributed by atoms with E-state index in [1.54, 1.807) is 6.20 Å². The lowest BCUT2D eigenvalue weighted by Crippen LogP contribution is -2.55. The van der Waals surface area contributed by atoms with Crippen LogP contribution in [0.25, 0.3) is 11.0 Å². The zero-order valence-electron chi connectivity index (χ0n) is 15.9. The summed E-state index contributed by atoms with van der Waals surface area (Å²) in [5, 5.41) is 3.52. The molecule has 0 saturated carbocycles. The van der Waals surface area contributed by atoms with Crippen LogP contribution in [0.4, 0.5) is 16.6 Å². The van der Waals surface area contributed by atoms with Gasteiger partial charge in [0.15, 0.2) is 0 Å². The quantitative estimate of drug-likeness (QED) is 0.701. The molecule has 3 heterocycles. The van der Waals surface area contributed by atoms with Crippen LogP contribution in [0, 0.1) is 0 Å². The van der Waals surface area contributed by atoms with Crippen molar-refractivity contribution < 1.29 is 4.79 Å². The number of rotatable bonds is 3. The number of aromatic nitrogens is 3. The van der Waals surface area contributed by atoms with Gasteiger partial charge in [0, 0.05) is 31.9 Å². The number of aryl methyl sites for hydroxylation is 1. The van der Waals surface area contributed by atoms with Gasteiger partial charge in [-0.2, -0.15) is 0 Å². The van der Waals surface area contributed by atoms with E-state index >= 15 is 0 Å². The van der Waals surface area contributed by atoms with Crippen molar-refractivity contribution in [2.45, 2.75) is 26.3 Å². The molecule has 1 aromatic carbocycles. The summed E-state index contributed by atoms with van der Waals surface area (Å²) in [5.74, 6) is 1.23. The summed E-state index contributed by atoms with van der Waals surface area (Å²) in [7, 11) is 0. The first kappa shape index (κ1) is 18.6. The van der Waals surface area contributed by atoms with Crippen molar-refractivity contribution in [3.05, 3.63) is 47.1 Å². The highest BCUT2D eigenvalue weighted by Gasteiger charge is 2.29. The lowest BCUT2D eigenvalue weighted by atomic mass is 10.1. The normalized spacial score (nSPS) is 17.2. The van der Waals surface area contributed by atoms with E-state index in [9.17, 15) is 4.79 Å². The van der Waals surface area contributed by atoms with Crippen LogP contribution in [0.5, 0.6) is 0 Å². The van der Waals surface area contributed by atoms with Crippen molar-refractivity contribution >= 4 is 40.4 Å². The topological polar surface area (TPSA) is 77.2 Å². The first-order valence-corrected chi connectivity index (χ1v) is 9.84. The molecule has 3 aromatic rings. The number of benzene rings is 1. The third-order valence-corrected chi connectivity index (χ3v) is 5.40. The maximum absolute atomic E-state index is 12.8. The van der Waals surface area contributed by atoms with E-state index in [2.05, 4.69) is 44.2 Å². The summed E-state index contributed by atoms with van der Waals surface area (Å²) < 4.78 is 0. The number of hydrogen-bond donors (Lipinski definition) is 2. The van der Waals surface area contributed by atoms with Crippen molar-refractivity contribution in [2.75, 3.05) is 29.9 Å². The Balaban J connectivity index is 1.44. The molecule has 146 valence electrons. The predicted molar refractivity (Wildman–Crippen MR) is 112 cm³/mol. The van der Waals surface area contributed by atoms with Crippen LogP contribution >= 0.6 is 11.6 Å². The summed E-state index contributed by atoms with van der Waals surface area (Å²) >= 11 is 6.26. The maximum Gasteiger partial charge on any atom is 0.324 e. The molecule has 1 aliphatic heterocycles. The average molecular weight is 399 g/mol. The molecule has 0 radical (unpaired) electrons. The number of amides is 2. The molecule has 2 aromatic heterocycles. The number of H-pyrrole nitrogens is 1. The van der Waals surface area contributed by atoms with E-state index < -0.39 is 0 Å². The molecule has 0 spiro atoms. The second kappa shape index (κ2) is 7.67. The Bertz CT molecular complexity index is 1000. The number of piperazine rings is 1. The van der Waals surface area contributed by atoms with Crippen molar-refractivity contribution in [3.63, 3.8) is 0 Å². The van der Waals surface area contributed by atoms with Gasteiger partial charge in [-0.05, 0) is 43.2 Å². The number of halogens is 1. The number of nitrogens with one attached hydrogen (secondary N) is 2. The number of urea groups is 1. The number of anilines is 2. The number of pyridine rings is 1. The van der Waals surface area contributed by atoms with E-state index in [4.69, 9.17) is 11.6 Å². The fourth-order valence-corrected chi connectivity index (χ4v) is 3.81. The van der Waals surface area contributed by atoms with Crippen LogP contribution in [-0.4, -0.2) is 51.6 Å². The maximum atomic E-state index is 12.8. The molecule has 2 amide bonds. The third kappa shape index (κ3) is 3.62. The lowest BCUT2D eigenvalue weighted by molar-refractivity contribution is 0.184. The fourth-order valence-electron chi connectivity index (χ4n) is 3.57. The van der Waals surface area contributed by atoms with Crippen LogP contribution in [-0.2, 0) is 6.42 Å². The van der Waals surface area contributed by atoms with E-state index in [1.807, 2.05) is 30.0 Å². The van der Waals surface area contributed by atoms with Gasteiger partial charge in [0.2, 0.25) is 5.95 Å². The molecule has 4 rings (SSSR count). The molecule has 0 unspecified atom stereocenters. The van der Waals surface area contributed by atoms with E-state index in [-0.39, 0.29) is 12.1 Å². The molecule has 2 N–H and O–H groups in total. The van der Waals surface area contributed by atoms with Gasteiger partial charge in [-0.3, -0.25) is 5.32 Å². The second-order valence-electron chi connectivity index (χ2n) is 7.02. The molecular weight excluding hydrogens is 376 g/mol. The Hall–Kier alpha value is -2.80. The van der Waals surface area contributed by atoms with Gasteiger partial charge >= 0.3 is 6.03 Å². The summed E-state index contributed by atoms with van der Waals surface area (Å²) in [4.78, 5) is 28.7. The highest BCUT2D eigenvalue weighted by Crippen LogP contribution is 2.25. The molecule has 0 bridgehead atoms. The van der Waals surface area contributed by atoms with Crippen LogP contribution in [0.2, 0.25) is 5.02 Å². The molecular formula is C20H23ClN6O. The second-order valence-corrected chi connectivity index (χ2v) is 7.43. The summed E-state index contributed by atoms with van der Waals surface area (Å²) in [6.07, 6.45) is 2.69. The van der Waals surface area contributed by atoms with Crippen molar-refractivity contribution in [1.82, 2.24) is 19.9 Å². The minimum Gasteiger partial charge on any atom is -0.352 e. The molecule has 7 nitrogen and oxygen atoms in total. The monoisotopic (exact) mass is 398 g/mol. The Labute approximate surface area is 168 Å². The summed E-state index contributed by atoms with van der Waals surface area (Å²) in [5.41, 5.74) is 3.00. The van der Waals surface area contributed by atoms with Gasteiger partial charge in [0.1, 0.15) is 5.82 Å². The van der Waals surface area contributed by atoms with Crippen molar-refractivity contribution in [2.24, 2.45) is 0 Å². The third-order valence-electron chi connectivity index (χ3n) is 5.11. The predicted octanol–water partition coefficient (Wildman–Crippen LogP) is 3.92. The SMILES string of the molecule is CCc1ccc2nc(NC(=O)N3CCN(c4ncccc4Cl)C[C@H]3C)[nH]c2c1. The van der Waals surface area contributed by atoms with Gasteiger partial charge in [0.25, 0.3) is 0 Å². The van der Waals surface area contributed by atoms with Gasteiger partial charge in [-0.15, -0.1) is 0 Å². The number of hydrogen-bond acceptors (Lipinski definition) is 4. The van der Waals surface area contributed by atoms with Gasteiger partial charge < -0.3 is 14.8 Å². The molecule has 0 aliphatic carbocycles. The van der Waals surface area contributed by atoms with Crippen LogP contribution < -0.4 is 10.2 Å². The number of imidazole rings is 1. The number of carbonyl (C=O) groups excluding carboxylic acids is 1. The van der Waals surface area contributed by atoms with E-state index in [1.165, 1.54) is 5.56 Å². The zero-order valence-corrected chi connectivity index (χ0v) is 16.7. The van der Waals surface area contributed by atoms with Crippen molar-refractivity contribution in [1.29, 1.82) is 0 Å². The smallest absolute Gasteiger partial charge is 0.324 e. The van der Waals surface area contributed by atoms with E-state index in [0.717, 1.165) is 23.3 Å². The summed E-state index contributed by atoms with van der Waals surface area (Å²) in [6.45, 7) is 6.06. The molecule has 1 aliphatic rings. The summed E-state index contributed by atoms with van der Waals surface area (Å²) in [6, 6.07) is 9.60. The first-order valence-electron chi connectivity index (χ1n) is 9.47. The van der Waals surface area contributed by atoms with Crippen LogP contribution in [0.1, 0.15) is 19.4 Å². The van der Waals surface area contributed by atoms with Crippen LogP contribution in [0.3, 0.4) is 0 Å². The largest absolute Gasteiger partial charge is 0.352 e. The number of fused-ring (bicyclic) bond motifs is 1. The Morgan fingerprint density at radius 2 is 2.21 bits per heavy atom. The minimum absolute atomic E-state index is 0.0166. The Kier molecular flexibility index (Phi) is 5.09. The highest BCUT2D eigenvalue weighted by atomic mass is 35.5. The van der Waals surface area contributed by atoms with Gasteiger partial charge in [-0.25, -0.2) is 14.8 Å². The fraction of sp³-hybridized carbons (Fsp3) is 0.350. The van der Waals surface area contributed by atoms with Crippen molar-refractivity contribution in [3.8, 4) is 0 Å². The average Bonchev–Trinajstić information content (AvgIpc) is 3.09.